The molecule has 126 valence electrons. The van der Waals surface area contributed by atoms with Crippen LogP contribution in [0.25, 0.3) is 0 Å². The lowest BCUT2D eigenvalue weighted by atomic mass is 9.93. The van der Waals surface area contributed by atoms with Gasteiger partial charge >= 0.3 is 5.97 Å². The fraction of sp³-hybridized carbons (Fsp3) is 0.500. The molecule has 1 atom stereocenters. The summed E-state index contributed by atoms with van der Waals surface area (Å²) in [6.45, 7) is 0.771. The molecule has 1 aromatic rings. The van der Waals surface area contributed by atoms with Crippen LogP contribution in [0.4, 0.5) is 8.78 Å². The van der Waals surface area contributed by atoms with E-state index in [0.717, 1.165) is 18.6 Å². The third-order valence-corrected chi connectivity index (χ3v) is 4.05. The zero-order valence-electron chi connectivity index (χ0n) is 12.8. The Morgan fingerprint density at radius 1 is 1.35 bits per heavy atom. The van der Waals surface area contributed by atoms with Crippen LogP contribution in [0.1, 0.15) is 36.0 Å². The molecule has 7 heteroatoms. The molecule has 0 aliphatic carbocycles. The van der Waals surface area contributed by atoms with Crippen molar-refractivity contribution in [3.05, 3.63) is 29.3 Å². The number of benzene rings is 1. The largest absolute Gasteiger partial charge is 0.493 e. The number of piperidine rings is 1. The minimum Gasteiger partial charge on any atom is -0.493 e. The second-order valence-electron chi connectivity index (χ2n) is 5.63. The predicted molar refractivity (Wildman–Crippen MR) is 78.4 cm³/mol. The van der Waals surface area contributed by atoms with Gasteiger partial charge in [-0.1, -0.05) is 0 Å². The topological polar surface area (TPSA) is 66.8 Å². The first-order chi connectivity index (χ1) is 10.9. The maximum absolute atomic E-state index is 14.0. The third kappa shape index (κ3) is 3.97. The molecular formula is C16H19F2NO4. The molecule has 1 saturated heterocycles. The molecule has 0 radical (unpaired) electrons. The first kappa shape index (κ1) is 17.2. The molecule has 1 aliphatic rings. The Labute approximate surface area is 132 Å². The summed E-state index contributed by atoms with van der Waals surface area (Å²) >= 11 is 0. The second-order valence-corrected chi connectivity index (χ2v) is 5.63. The minimum atomic E-state index is -0.883. The standard InChI is InChI=1S/C16H19F2NO4/c1-23-15-12(18)6-5-11(17)14(15)16(22)19-8-2-3-10(9-19)4-7-13(20)21/h5-6,10H,2-4,7-9H2,1H3,(H,20,21). The highest BCUT2D eigenvalue weighted by Crippen LogP contribution is 2.29. The Hall–Kier alpha value is -2.18. The van der Waals surface area contributed by atoms with E-state index >= 15 is 0 Å². The average Bonchev–Trinajstić information content (AvgIpc) is 2.54. The molecule has 1 aromatic carbocycles. The molecule has 1 unspecified atom stereocenters. The summed E-state index contributed by atoms with van der Waals surface area (Å²) in [7, 11) is 1.18. The number of methoxy groups -OCH3 is 1. The Morgan fingerprint density at radius 2 is 2.04 bits per heavy atom. The number of aliphatic carboxylic acids is 1. The van der Waals surface area contributed by atoms with Crippen molar-refractivity contribution in [3.63, 3.8) is 0 Å². The van der Waals surface area contributed by atoms with Crippen molar-refractivity contribution >= 4 is 11.9 Å². The van der Waals surface area contributed by atoms with Gasteiger partial charge in [-0.25, -0.2) is 8.78 Å². The van der Waals surface area contributed by atoms with E-state index in [0.29, 0.717) is 25.9 Å². The Kier molecular flexibility index (Phi) is 5.52. The van der Waals surface area contributed by atoms with Crippen molar-refractivity contribution in [2.24, 2.45) is 5.92 Å². The number of halogens is 2. The van der Waals surface area contributed by atoms with Crippen LogP contribution in [0.2, 0.25) is 0 Å². The van der Waals surface area contributed by atoms with Gasteiger partial charge in [-0.05, 0) is 37.3 Å². The van der Waals surface area contributed by atoms with Crippen LogP contribution in [-0.4, -0.2) is 42.1 Å². The van der Waals surface area contributed by atoms with Gasteiger partial charge in [0.05, 0.1) is 7.11 Å². The first-order valence-corrected chi connectivity index (χ1v) is 7.47. The average molecular weight is 327 g/mol. The number of likely N-dealkylation sites (tertiary alicyclic amines) is 1. The van der Waals surface area contributed by atoms with Gasteiger partial charge < -0.3 is 14.7 Å². The van der Waals surface area contributed by atoms with E-state index in [4.69, 9.17) is 9.84 Å². The lowest BCUT2D eigenvalue weighted by molar-refractivity contribution is -0.137. The highest BCUT2D eigenvalue weighted by molar-refractivity contribution is 5.97. The molecule has 0 saturated carbocycles. The van der Waals surface area contributed by atoms with E-state index in [1.807, 2.05) is 0 Å². The minimum absolute atomic E-state index is 0.0321. The summed E-state index contributed by atoms with van der Waals surface area (Å²) in [5, 5.41) is 8.74. The van der Waals surface area contributed by atoms with Crippen molar-refractivity contribution in [1.82, 2.24) is 4.90 Å². The molecule has 0 spiro atoms. The SMILES string of the molecule is COc1c(F)ccc(F)c1C(=O)N1CCCC(CCC(=O)O)C1. The third-order valence-electron chi connectivity index (χ3n) is 4.05. The molecular weight excluding hydrogens is 308 g/mol. The highest BCUT2D eigenvalue weighted by Gasteiger charge is 2.29. The van der Waals surface area contributed by atoms with Gasteiger partial charge in [0, 0.05) is 19.5 Å². The summed E-state index contributed by atoms with van der Waals surface area (Å²) in [5.74, 6) is -3.49. The molecule has 1 amide bonds. The van der Waals surface area contributed by atoms with Gasteiger partial charge in [0.1, 0.15) is 11.4 Å². The number of carbonyl (C=O) groups excluding carboxylic acids is 1. The second kappa shape index (κ2) is 7.39. The fourth-order valence-corrected chi connectivity index (χ4v) is 2.90. The van der Waals surface area contributed by atoms with E-state index in [1.165, 1.54) is 12.0 Å². The van der Waals surface area contributed by atoms with Gasteiger partial charge in [-0.15, -0.1) is 0 Å². The van der Waals surface area contributed by atoms with Crippen molar-refractivity contribution in [2.75, 3.05) is 20.2 Å². The number of hydrogen-bond acceptors (Lipinski definition) is 3. The molecule has 1 heterocycles. The van der Waals surface area contributed by atoms with Crippen LogP contribution >= 0.6 is 0 Å². The molecule has 23 heavy (non-hydrogen) atoms. The number of carboxylic acids is 1. The lowest BCUT2D eigenvalue weighted by Gasteiger charge is -2.33. The Bertz CT molecular complexity index is 606. The number of amides is 1. The van der Waals surface area contributed by atoms with Crippen LogP contribution in [-0.2, 0) is 4.79 Å². The van der Waals surface area contributed by atoms with Crippen molar-refractivity contribution in [1.29, 1.82) is 0 Å². The quantitative estimate of drug-likeness (QED) is 0.903. The molecule has 5 nitrogen and oxygen atoms in total. The van der Waals surface area contributed by atoms with Crippen molar-refractivity contribution in [3.8, 4) is 5.75 Å². The van der Waals surface area contributed by atoms with Crippen LogP contribution in [0, 0.1) is 17.6 Å². The smallest absolute Gasteiger partial charge is 0.303 e. The zero-order chi connectivity index (χ0) is 17.0. The number of rotatable bonds is 5. The van der Waals surface area contributed by atoms with E-state index in [1.54, 1.807) is 0 Å². The number of carbonyl (C=O) groups is 2. The lowest BCUT2D eigenvalue weighted by Crippen LogP contribution is -2.40. The predicted octanol–water partition coefficient (Wildman–Crippen LogP) is 2.69. The summed E-state index contributed by atoms with van der Waals surface area (Å²) in [4.78, 5) is 24.7. The van der Waals surface area contributed by atoms with Crippen molar-refractivity contribution in [2.45, 2.75) is 25.7 Å². The molecule has 1 fully saturated rings. The summed E-state index contributed by atoms with van der Waals surface area (Å²) in [5.41, 5.74) is -0.411. The van der Waals surface area contributed by atoms with E-state index in [2.05, 4.69) is 0 Å². The number of carboxylic acid groups (broad SMARTS) is 1. The summed E-state index contributed by atoms with van der Waals surface area (Å²) in [6.07, 6.45) is 2.02. The van der Waals surface area contributed by atoms with Gasteiger partial charge in [-0.3, -0.25) is 9.59 Å². The van der Waals surface area contributed by atoms with Crippen molar-refractivity contribution < 1.29 is 28.2 Å². The highest BCUT2D eigenvalue weighted by atomic mass is 19.1. The number of nitrogens with zero attached hydrogens (tertiary/aromatic N) is 1. The molecule has 2 rings (SSSR count). The van der Waals surface area contributed by atoms with E-state index in [-0.39, 0.29) is 12.3 Å². The van der Waals surface area contributed by atoms with Crippen LogP contribution < -0.4 is 4.74 Å². The normalized spacial score (nSPS) is 17.9. The zero-order valence-corrected chi connectivity index (χ0v) is 12.8. The maximum Gasteiger partial charge on any atom is 0.303 e. The van der Waals surface area contributed by atoms with Crippen LogP contribution in [0.15, 0.2) is 12.1 Å². The number of ether oxygens (including phenoxy) is 1. The van der Waals surface area contributed by atoms with Gasteiger partial charge in [0.15, 0.2) is 11.6 Å². The molecule has 0 aromatic heterocycles. The van der Waals surface area contributed by atoms with Gasteiger partial charge in [0.25, 0.3) is 5.91 Å². The maximum atomic E-state index is 14.0. The van der Waals surface area contributed by atoms with Gasteiger partial charge in [0.2, 0.25) is 0 Å². The Morgan fingerprint density at radius 3 is 2.70 bits per heavy atom. The first-order valence-electron chi connectivity index (χ1n) is 7.47. The molecule has 0 bridgehead atoms. The summed E-state index contributed by atoms with van der Waals surface area (Å²) < 4.78 is 32.6. The number of hydrogen-bond donors (Lipinski definition) is 1. The van der Waals surface area contributed by atoms with Crippen LogP contribution in [0.3, 0.4) is 0 Å². The molecule has 1 N–H and O–H groups in total. The fourth-order valence-electron chi connectivity index (χ4n) is 2.90. The Balaban J connectivity index is 2.17. The van der Waals surface area contributed by atoms with Crippen LogP contribution in [0.5, 0.6) is 5.75 Å². The van der Waals surface area contributed by atoms with E-state index < -0.39 is 34.8 Å². The molecule has 1 aliphatic heterocycles. The summed E-state index contributed by atoms with van der Waals surface area (Å²) in [6, 6.07) is 1.81. The van der Waals surface area contributed by atoms with Gasteiger partial charge in [-0.2, -0.15) is 0 Å². The monoisotopic (exact) mass is 327 g/mol. The van der Waals surface area contributed by atoms with E-state index in [9.17, 15) is 18.4 Å².